The molecule has 0 unspecified atom stereocenters. The quantitative estimate of drug-likeness (QED) is 0.601. The molecule has 0 spiro atoms. The first-order valence-electron chi connectivity index (χ1n) is 7.13. The number of nitrogens with zero attached hydrogens (tertiary/aromatic N) is 1. The molecule has 2 aromatic carbocycles. The van der Waals surface area contributed by atoms with E-state index in [0.29, 0.717) is 0 Å². The highest BCUT2D eigenvalue weighted by molar-refractivity contribution is 5.87. The third kappa shape index (κ3) is 5.72. The Morgan fingerprint density at radius 1 is 1.20 bits per heavy atom. The van der Waals surface area contributed by atoms with Crippen molar-refractivity contribution in [1.82, 2.24) is 0 Å². The molecule has 25 heavy (non-hydrogen) atoms. The van der Waals surface area contributed by atoms with Crippen LogP contribution in [0.5, 0.6) is 5.75 Å². The van der Waals surface area contributed by atoms with Gasteiger partial charge in [-0.2, -0.15) is 0 Å². The molecule has 0 aromatic heterocycles. The van der Waals surface area contributed by atoms with E-state index in [2.05, 4.69) is 5.32 Å². The first kappa shape index (κ1) is 18.1. The predicted octanol–water partition coefficient (Wildman–Crippen LogP) is 3.99. The fraction of sp³-hybridized carbons (Fsp3) is 0.188. The fourth-order valence-electron chi connectivity index (χ4n) is 1.88. The van der Waals surface area contributed by atoms with E-state index >= 15 is 0 Å². The van der Waals surface area contributed by atoms with Crippen LogP contribution in [0.4, 0.5) is 25.0 Å². The number of hydrogen-bond donors (Lipinski definition) is 1. The van der Waals surface area contributed by atoms with Crippen LogP contribution in [0.25, 0.3) is 0 Å². The summed E-state index contributed by atoms with van der Waals surface area (Å²) in [6.07, 6.45) is -3.63. The third-order valence-electron chi connectivity index (χ3n) is 2.99. The van der Waals surface area contributed by atoms with E-state index in [1.807, 2.05) is 0 Å². The van der Waals surface area contributed by atoms with Gasteiger partial charge in [-0.3, -0.25) is 15.4 Å². The van der Waals surface area contributed by atoms with E-state index < -0.39 is 24.0 Å². The lowest BCUT2D eigenvalue weighted by atomic mass is 10.2. The van der Waals surface area contributed by atoms with Crippen molar-refractivity contribution in [2.75, 3.05) is 11.9 Å². The summed E-state index contributed by atoms with van der Waals surface area (Å²) < 4.78 is 34.4. The number of hydrogen-bond acceptors (Lipinski definition) is 5. The third-order valence-corrected chi connectivity index (χ3v) is 2.99. The van der Waals surface area contributed by atoms with Gasteiger partial charge in [-0.05, 0) is 11.6 Å². The summed E-state index contributed by atoms with van der Waals surface area (Å²) in [5.74, 6) is -0.123. The van der Waals surface area contributed by atoms with Crippen LogP contribution in [0.1, 0.15) is 5.56 Å². The number of anilines is 1. The zero-order valence-electron chi connectivity index (χ0n) is 12.9. The number of nitrogens with one attached hydrogen (secondary N) is 1. The number of nitro groups is 1. The van der Waals surface area contributed by atoms with Crippen LogP contribution in [-0.2, 0) is 11.3 Å². The first-order valence-corrected chi connectivity index (χ1v) is 7.13. The molecule has 9 heteroatoms. The lowest BCUT2D eigenvalue weighted by Crippen LogP contribution is -2.15. The molecular weight excluding hydrogens is 338 g/mol. The van der Waals surface area contributed by atoms with Gasteiger partial charge in [0.1, 0.15) is 19.0 Å². The second-order valence-corrected chi connectivity index (χ2v) is 4.83. The van der Waals surface area contributed by atoms with Gasteiger partial charge in [0.15, 0.2) is 0 Å². The van der Waals surface area contributed by atoms with Crippen LogP contribution in [0.2, 0.25) is 0 Å². The maximum Gasteiger partial charge on any atom is 0.412 e. The maximum atomic E-state index is 12.3. The van der Waals surface area contributed by atoms with Crippen molar-refractivity contribution in [1.29, 1.82) is 0 Å². The molecule has 0 radical (unpaired) electrons. The number of nitro benzene ring substituents is 1. The predicted molar refractivity (Wildman–Crippen MR) is 84.8 cm³/mol. The highest BCUT2D eigenvalue weighted by Crippen LogP contribution is 2.29. The number of carbonyl (C=O) groups is 1. The normalized spacial score (nSPS) is 10.4. The average Bonchev–Trinajstić information content (AvgIpc) is 2.59. The number of halogens is 2. The fourth-order valence-corrected chi connectivity index (χ4v) is 1.88. The van der Waals surface area contributed by atoms with Crippen LogP contribution in [0, 0.1) is 10.1 Å². The van der Waals surface area contributed by atoms with Crippen molar-refractivity contribution in [3.05, 3.63) is 64.2 Å². The zero-order chi connectivity index (χ0) is 18.2. The molecule has 0 saturated carbocycles. The molecule has 132 valence electrons. The SMILES string of the molecule is O=C(Nc1cc([N+](=O)[O-])ccc1OCC(F)F)OCc1ccccc1. The summed E-state index contributed by atoms with van der Waals surface area (Å²) in [5, 5.41) is 13.1. The van der Waals surface area contributed by atoms with Crippen LogP contribution >= 0.6 is 0 Å². The molecule has 2 aromatic rings. The van der Waals surface area contributed by atoms with Crippen LogP contribution in [0.3, 0.4) is 0 Å². The van der Waals surface area contributed by atoms with E-state index in [9.17, 15) is 23.7 Å². The van der Waals surface area contributed by atoms with E-state index in [0.717, 1.165) is 23.8 Å². The molecule has 0 atom stereocenters. The van der Waals surface area contributed by atoms with Gasteiger partial charge in [-0.15, -0.1) is 0 Å². The summed E-state index contributed by atoms with van der Waals surface area (Å²) >= 11 is 0. The van der Waals surface area contributed by atoms with Crippen LogP contribution in [0.15, 0.2) is 48.5 Å². The van der Waals surface area contributed by atoms with Gasteiger partial charge in [0, 0.05) is 12.1 Å². The minimum atomic E-state index is -2.73. The Bertz CT molecular complexity index is 741. The molecule has 1 amide bonds. The monoisotopic (exact) mass is 352 g/mol. The summed E-state index contributed by atoms with van der Waals surface area (Å²) in [5.41, 5.74) is 0.279. The number of carbonyl (C=O) groups excluding carboxylic acids is 1. The van der Waals surface area contributed by atoms with Crippen molar-refractivity contribution in [2.45, 2.75) is 13.0 Å². The lowest BCUT2D eigenvalue weighted by Gasteiger charge is -2.12. The average molecular weight is 352 g/mol. The highest BCUT2D eigenvalue weighted by atomic mass is 19.3. The molecule has 0 bridgehead atoms. The second kappa shape index (κ2) is 8.57. The number of benzene rings is 2. The summed E-state index contributed by atoms with van der Waals surface area (Å²) in [7, 11) is 0. The summed E-state index contributed by atoms with van der Waals surface area (Å²) in [4.78, 5) is 22.0. The lowest BCUT2D eigenvalue weighted by molar-refractivity contribution is -0.384. The number of ether oxygens (including phenoxy) is 2. The van der Waals surface area contributed by atoms with E-state index in [-0.39, 0.29) is 23.7 Å². The molecule has 0 aliphatic rings. The topological polar surface area (TPSA) is 90.7 Å². The largest absolute Gasteiger partial charge is 0.485 e. The zero-order valence-corrected chi connectivity index (χ0v) is 12.9. The van der Waals surface area contributed by atoms with Crippen molar-refractivity contribution >= 4 is 17.5 Å². The molecule has 0 fully saturated rings. The van der Waals surface area contributed by atoms with E-state index in [1.165, 1.54) is 0 Å². The van der Waals surface area contributed by atoms with Crippen LogP contribution in [-0.4, -0.2) is 24.0 Å². The molecule has 0 saturated heterocycles. The van der Waals surface area contributed by atoms with Crippen LogP contribution < -0.4 is 10.1 Å². The molecule has 1 N–H and O–H groups in total. The van der Waals surface area contributed by atoms with Crippen molar-refractivity contribution < 1.29 is 28.0 Å². The summed E-state index contributed by atoms with van der Waals surface area (Å²) in [6.45, 7) is -0.930. The van der Waals surface area contributed by atoms with E-state index in [1.54, 1.807) is 30.3 Å². The van der Waals surface area contributed by atoms with Gasteiger partial charge in [-0.1, -0.05) is 30.3 Å². The smallest absolute Gasteiger partial charge is 0.412 e. The minimum Gasteiger partial charge on any atom is -0.485 e. The Morgan fingerprint density at radius 2 is 1.92 bits per heavy atom. The van der Waals surface area contributed by atoms with Crippen molar-refractivity contribution in [2.24, 2.45) is 0 Å². The van der Waals surface area contributed by atoms with Gasteiger partial charge in [-0.25, -0.2) is 13.6 Å². The Balaban J connectivity index is 2.07. The number of non-ortho nitro benzene ring substituents is 1. The number of alkyl halides is 2. The van der Waals surface area contributed by atoms with Crippen molar-refractivity contribution in [3.63, 3.8) is 0 Å². The second-order valence-electron chi connectivity index (χ2n) is 4.83. The molecule has 0 heterocycles. The Hall–Kier alpha value is -3.23. The molecule has 7 nitrogen and oxygen atoms in total. The number of rotatable bonds is 7. The summed E-state index contributed by atoms with van der Waals surface area (Å²) in [6, 6.07) is 12.1. The van der Waals surface area contributed by atoms with Gasteiger partial charge < -0.3 is 9.47 Å². The minimum absolute atomic E-state index is 0.0190. The number of amides is 1. The Morgan fingerprint density at radius 3 is 2.56 bits per heavy atom. The van der Waals surface area contributed by atoms with Gasteiger partial charge in [0.05, 0.1) is 10.6 Å². The van der Waals surface area contributed by atoms with Gasteiger partial charge >= 0.3 is 6.09 Å². The van der Waals surface area contributed by atoms with Gasteiger partial charge in [0.25, 0.3) is 12.1 Å². The standard InChI is InChI=1S/C16H14F2N2O5/c17-15(18)10-24-14-7-6-12(20(22)23)8-13(14)19-16(21)25-9-11-4-2-1-3-5-11/h1-8,15H,9-10H2,(H,19,21). The van der Waals surface area contributed by atoms with E-state index in [4.69, 9.17) is 9.47 Å². The Kier molecular flexibility index (Phi) is 6.21. The maximum absolute atomic E-state index is 12.3. The molecular formula is C16H14F2N2O5. The highest BCUT2D eigenvalue weighted by Gasteiger charge is 2.16. The molecule has 2 rings (SSSR count). The Labute approximate surface area is 141 Å². The molecule has 0 aliphatic heterocycles. The molecule has 0 aliphatic carbocycles. The first-order chi connectivity index (χ1) is 12.0. The van der Waals surface area contributed by atoms with Crippen molar-refractivity contribution in [3.8, 4) is 5.75 Å². The van der Waals surface area contributed by atoms with Gasteiger partial charge in [0.2, 0.25) is 0 Å².